The van der Waals surface area contributed by atoms with Crippen molar-refractivity contribution in [2.45, 2.75) is 6.42 Å². The van der Waals surface area contributed by atoms with Crippen LogP contribution in [0.1, 0.15) is 5.56 Å². The van der Waals surface area contributed by atoms with Gasteiger partial charge >= 0.3 is 0 Å². The van der Waals surface area contributed by atoms with Gasteiger partial charge in [0.15, 0.2) is 11.6 Å². The summed E-state index contributed by atoms with van der Waals surface area (Å²) >= 11 is 5.65. The molecule has 2 rings (SSSR count). The smallest absolute Gasteiger partial charge is 0.184 e. The first-order chi connectivity index (χ1) is 9.10. The van der Waals surface area contributed by atoms with Crippen LogP contribution < -0.4 is 10.5 Å². The summed E-state index contributed by atoms with van der Waals surface area (Å²) in [7, 11) is 0. The van der Waals surface area contributed by atoms with E-state index in [0.717, 1.165) is 0 Å². The minimum atomic E-state index is -0.672. The maximum absolute atomic E-state index is 13.7. The van der Waals surface area contributed by atoms with Gasteiger partial charge in [-0.05, 0) is 42.8 Å². The first-order valence-electron chi connectivity index (χ1n) is 5.71. The van der Waals surface area contributed by atoms with E-state index in [1.165, 1.54) is 24.3 Å². The predicted octanol–water partition coefficient (Wildman–Crippen LogP) is 3.91. The zero-order valence-electron chi connectivity index (χ0n) is 10.00. The van der Waals surface area contributed by atoms with Crippen molar-refractivity contribution in [1.29, 1.82) is 0 Å². The number of nitrogens with two attached hydrogens (primary N) is 1. The van der Waals surface area contributed by atoms with Crippen LogP contribution in [-0.2, 0) is 6.42 Å². The summed E-state index contributed by atoms with van der Waals surface area (Å²) in [6.45, 7) is 0.397. The summed E-state index contributed by atoms with van der Waals surface area (Å²) in [6.07, 6.45) is 0.520. The van der Waals surface area contributed by atoms with E-state index >= 15 is 0 Å². The fraction of sp³-hybridized carbons (Fsp3) is 0.143. The number of ether oxygens (including phenoxy) is 1. The Balaban J connectivity index is 2.30. The number of benzene rings is 2. The Morgan fingerprint density at radius 2 is 1.95 bits per heavy atom. The lowest BCUT2D eigenvalue weighted by Gasteiger charge is -2.09. The van der Waals surface area contributed by atoms with Gasteiger partial charge in [-0.2, -0.15) is 0 Å². The summed E-state index contributed by atoms with van der Waals surface area (Å²) in [5.74, 6) is -0.960. The van der Waals surface area contributed by atoms with E-state index in [-0.39, 0.29) is 16.5 Å². The third-order valence-corrected chi connectivity index (χ3v) is 2.80. The Hall–Kier alpha value is -1.65. The molecule has 0 saturated carbocycles. The van der Waals surface area contributed by atoms with E-state index in [0.29, 0.717) is 18.5 Å². The second-order valence-corrected chi connectivity index (χ2v) is 4.40. The van der Waals surface area contributed by atoms with Gasteiger partial charge in [-0.3, -0.25) is 0 Å². The van der Waals surface area contributed by atoms with Gasteiger partial charge in [-0.15, -0.1) is 0 Å². The largest absolute Gasteiger partial charge is 0.454 e. The minimum Gasteiger partial charge on any atom is -0.454 e. The summed E-state index contributed by atoms with van der Waals surface area (Å²) in [6, 6.07) is 8.56. The monoisotopic (exact) mass is 283 g/mol. The molecule has 0 saturated heterocycles. The SMILES string of the molecule is NCCc1cc(F)cc(Oc2cccc(Cl)c2F)c1. The Kier molecular flexibility index (Phi) is 4.35. The van der Waals surface area contributed by atoms with Crippen molar-refractivity contribution >= 4 is 11.6 Å². The first-order valence-corrected chi connectivity index (χ1v) is 6.09. The van der Waals surface area contributed by atoms with Gasteiger partial charge in [0.05, 0.1) is 5.02 Å². The summed E-state index contributed by atoms with van der Waals surface area (Å²) in [4.78, 5) is 0. The van der Waals surface area contributed by atoms with Gasteiger partial charge in [0.2, 0.25) is 0 Å². The van der Waals surface area contributed by atoms with Crippen molar-refractivity contribution in [3.63, 3.8) is 0 Å². The molecule has 0 aliphatic carbocycles. The van der Waals surface area contributed by atoms with Crippen molar-refractivity contribution in [3.05, 3.63) is 58.6 Å². The first kappa shape index (κ1) is 13.8. The molecule has 0 radical (unpaired) electrons. The highest BCUT2D eigenvalue weighted by Gasteiger charge is 2.09. The molecule has 0 heterocycles. The average molecular weight is 284 g/mol. The topological polar surface area (TPSA) is 35.2 Å². The molecular formula is C14H12ClF2NO. The van der Waals surface area contributed by atoms with Crippen LogP contribution in [0.2, 0.25) is 5.02 Å². The molecule has 100 valence electrons. The lowest BCUT2D eigenvalue weighted by atomic mass is 10.1. The quantitative estimate of drug-likeness (QED) is 0.923. The molecule has 0 atom stereocenters. The molecule has 0 bridgehead atoms. The fourth-order valence-electron chi connectivity index (χ4n) is 1.68. The zero-order chi connectivity index (χ0) is 13.8. The van der Waals surface area contributed by atoms with Gasteiger partial charge < -0.3 is 10.5 Å². The van der Waals surface area contributed by atoms with Gasteiger partial charge in [-0.25, -0.2) is 8.78 Å². The van der Waals surface area contributed by atoms with Crippen LogP contribution in [0.15, 0.2) is 36.4 Å². The summed E-state index contributed by atoms with van der Waals surface area (Å²) < 4.78 is 32.4. The number of hydrogen-bond donors (Lipinski definition) is 1. The lowest BCUT2D eigenvalue weighted by molar-refractivity contribution is 0.438. The third kappa shape index (κ3) is 3.43. The van der Waals surface area contributed by atoms with E-state index in [1.54, 1.807) is 12.1 Å². The Morgan fingerprint density at radius 1 is 1.16 bits per heavy atom. The highest BCUT2D eigenvalue weighted by Crippen LogP contribution is 2.29. The maximum Gasteiger partial charge on any atom is 0.184 e. The van der Waals surface area contributed by atoms with E-state index in [1.807, 2.05) is 0 Å². The molecule has 5 heteroatoms. The molecular weight excluding hydrogens is 272 g/mol. The van der Waals surface area contributed by atoms with Crippen LogP contribution in [0.4, 0.5) is 8.78 Å². The molecule has 2 aromatic rings. The van der Waals surface area contributed by atoms with E-state index < -0.39 is 11.6 Å². The molecule has 19 heavy (non-hydrogen) atoms. The van der Waals surface area contributed by atoms with Crippen LogP contribution in [0.5, 0.6) is 11.5 Å². The van der Waals surface area contributed by atoms with Gasteiger partial charge in [0, 0.05) is 6.07 Å². The van der Waals surface area contributed by atoms with Crippen molar-refractivity contribution in [2.75, 3.05) is 6.54 Å². The van der Waals surface area contributed by atoms with Gasteiger partial charge in [0.1, 0.15) is 11.6 Å². The van der Waals surface area contributed by atoms with Gasteiger partial charge in [-0.1, -0.05) is 17.7 Å². The highest BCUT2D eigenvalue weighted by atomic mass is 35.5. The number of halogens is 3. The van der Waals surface area contributed by atoms with E-state index in [4.69, 9.17) is 22.1 Å². The fourth-order valence-corrected chi connectivity index (χ4v) is 1.85. The molecule has 2 aromatic carbocycles. The molecule has 0 fully saturated rings. The third-order valence-electron chi connectivity index (χ3n) is 2.51. The van der Waals surface area contributed by atoms with Crippen LogP contribution in [0, 0.1) is 11.6 Å². The van der Waals surface area contributed by atoms with E-state index in [9.17, 15) is 8.78 Å². The molecule has 0 spiro atoms. The highest BCUT2D eigenvalue weighted by molar-refractivity contribution is 6.30. The normalized spacial score (nSPS) is 10.5. The molecule has 0 unspecified atom stereocenters. The molecule has 2 N–H and O–H groups in total. The average Bonchev–Trinajstić information content (AvgIpc) is 2.35. The zero-order valence-corrected chi connectivity index (χ0v) is 10.8. The predicted molar refractivity (Wildman–Crippen MR) is 70.6 cm³/mol. The molecule has 0 amide bonds. The van der Waals surface area contributed by atoms with Crippen molar-refractivity contribution in [3.8, 4) is 11.5 Å². The van der Waals surface area contributed by atoms with Crippen LogP contribution in [0.3, 0.4) is 0 Å². The van der Waals surface area contributed by atoms with Crippen molar-refractivity contribution in [2.24, 2.45) is 5.73 Å². The Bertz CT molecular complexity index is 590. The van der Waals surface area contributed by atoms with Crippen molar-refractivity contribution in [1.82, 2.24) is 0 Å². The van der Waals surface area contributed by atoms with Crippen LogP contribution >= 0.6 is 11.6 Å². The number of hydrogen-bond acceptors (Lipinski definition) is 2. The Morgan fingerprint density at radius 3 is 2.68 bits per heavy atom. The molecule has 2 nitrogen and oxygen atoms in total. The summed E-state index contributed by atoms with van der Waals surface area (Å²) in [5, 5.41) is -0.0453. The van der Waals surface area contributed by atoms with E-state index in [2.05, 4.69) is 0 Å². The number of rotatable bonds is 4. The van der Waals surface area contributed by atoms with Crippen molar-refractivity contribution < 1.29 is 13.5 Å². The van der Waals surface area contributed by atoms with Gasteiger partial charge in [0.25, 0.3) is 0 Å². The second kappa shape index (κ2) is 5.99. The second-order valence-electron chi connectivity index (χ2n) is 3.99. The minimum absolute atomic E-state index is 0.0446. The molecule has 0 aromatic heterocycles. The molecule has 0 aliphatic rings. The Labute approximate surface area is 114 Å². The lowest BCUT2D eigenvalue weighted by Crippen LogP contribution is -2.03. The maximum atomic E-state index is 13.7. The molecule has 0 aliphatic heterocycles. The standard InChI is InChI=1S/C14H12ClF2NO/c15-12-2-1-3-13(14(12)17)19-11-7-9(4-5-18)6-10(16)8-11/h1-3,6-8H,4-5,18H2. The summed E-state index contributed by atoms with van der Waals surface area (Å²) in [5.41, 5.74) is 6.11. The van der Waals surface area contributed by atoms with Crippen LogP contribution in [-0.4, -0.2) is 6.54 Å². The van der Waals surface area contributed by atoms with Crippen LogP contribution in [0.25, 0.3) is 0 Å².